The first-order valence-electron chi connectivity index (χ1n) is 8.00. The first-order valence-corrected chi connectivity index (χ1v) is 8.00. The summed E-state index contributed by atoms with van der Waals surface area (Å²) in [5, 5.41) is 0. The van der Waals surface area contributed by atoms with Gasteiger partial charge in [0.15, 0.2) is 0 Å². The van der Waals surface area contributed by atoms with Crippen LogP contribution in [0.2, 0.25) is 0 Å². The molecule has 3 heteroatoms. The van der Waals surface area contributed by atoms with Crippen molar-refractivity contribution in [2.24, 2.45) is 0 Å². The summed E-state index contributed by atoms with van der Waals surface area (Å²) in [7, 11) is 0. The number of nitrogens with zero attached hydrogens (tertiary/aromatic N) is 1. The van der Waals surface area contributed by atoms with Crippen LogP contribution in [-0.4, -0.2) is 28.7 Å². The Bertz CT molecular complexity index is 531. The Labute approximate surface area is 126 Å². The second kappa shape index (κ2) is 5.63. The molecule has 1 amide bonds. The Hall–Kier alpha value is -1.64. The van der Waals surface area contributed by atoms with Crippen LogP contribution >= 0.6 is 0 Å². The predicted octanol–water partition coefficient (Wildman–Crippen LogP) is 3.54. The number of benzene rings is 1. The zero-order chi connectivity index (χ0) is 15.0. The fraction of sp³-hybridized carbons (Fsp3) is 0.556. The SMILES string of the molecule is CC(C)c1ccc(C(=O)N2C3CCCC2CC(=O)C3)cc1. The van der Waals surface area contributed by atoms with Crippen molar-refractivity contribution >= 4 is 11.7 Å². The van der Waals surface area contributed by atoms with E-state index < -0.39 is 0 Å². The number of carbonyl (C=O) groups is 2. The monoisotopic (exact) mass is 285 g/mol. The molecule has 1 aromatic rings. The van der Waals surface area contributed by atoms with Gasteiger partial charge < -0.3 is 4.90 Å². The number of ketones is 1. The van der Waals surface area contributed by atoms with E-state index in [0.717, 1.165) is 24.8 Å². The highest BCUT2D eigenvalue weighted by Gasteiger charge is 2.40. The largest absolute Gasteiger partial charge is 0.332 e. The van der Waals surface area contributed by atoms with Crippen LogP contribution in [0.5, 0.6) is 0 Å². The molecule has 0 aliphatic carbocycles. The maximum Gasteiger partial charge on any atom is 0.254 e. The smallest absolute Gasteiger partial charge is 0.254 e. The highest BCUT2D eigenvalue weighted by atomic mass is 16.2. The van der Waals surface area contributed by atoms with E-state index in [4.69, 9.17) is 0 Å². The fourth-order valence-electron chi connectivity index (χ4n) is 3.67. The normalized spacial score (nSPS) is 25.3. The number of fused-ring (bicyclic) bond motifs is 2. The van der Waals surface area contributed by atoms with Crippen LogP contribution in [0.1, 0.15) is 67.8 Å². The number of carbonyl (C=O) groups excluding carboxylic acids is 2. The Morgan fingerprint density at radius 2 is 1.67 bits per heavy atom. The van der Waals surface area contributed by atoms with Crippen molar-refractivity contribution < 1.29 is 9.59 Å². The number of rotatable bonds is 2. The highest BCUT2D eigenvalue weighted by Crippen LogP contribution is 2.33. The molecule has 3 rings (SSSR count). The molecule has 2 unspecified atom stereocenters. The molecule has 2 saturated heterocycles. The molecule has 3 nitrogen and oxygen atoms in total. The van der Waals surface area contributed by atoms with Gasteiger partial charge in [0.25, 0.3) is 5.91 Å². The molecular formula is C18H23NO2. The predicted molar refractivity (Wildman–Crippen MR) is 82.4 cm³/mol. The van der Waals surface area contributed by atoms with Gasteiger partial charge in [0.05, 0.1) is 0 Å². The van der Waals surface area contributed by atoms with Crippen LogP contribution in [0, 0.1) is 0 Å². The van der Waals surface area contributed by atoms with Crippen LogP contribution in [0.3, 0.4) is 0 Å². The molecule has 2 bridgehead atoms. The quantitative estimate of drug-likeness (QED) is 0.833. The van der Waals surface area contributed by atoms with Gasteiger partial charge in [-0.3, -0.25) is 9.59 Å². The fourth-order valence-corrected chi connectivity index (χ4v) is 3.67. The number of hydrogen-bond acceptors (Lipinski definition) is 2. The third-order valence-electron chi connectivity index (χ3n) is 4.85. The molecule has 0 N–H and O–H groups in total. The second-order valence-corrected chi connectivity index (χ2v) is 6.67. The lowest BCUT2D eigenvalue weighted by atomic mass is 9.83. The first-order chi connectivity index (χ1) is 10.1. The Morgan fingerprint density at radius 3 is 2.19 bits per heavy atom. The van der Waals surface area contributed by atoms with Crippen molar-refractivity contribution in [2.45, 2.75) is 64.0 Å². The van der Waals surface area contributed by atoms with Crippen LogP contribution in [0.25, 0.3) is 0 Å². The van der Waals surface area contributed by atoms with Crippen molar-refractivity contribution in [3.63, 3.8) is 0 Å². The summed E-state index contributed by atoms with van der Waals surface area (Å²) in [6.45, 7) is 4.30. The summed E-state index contributed by atoms with van der Waals surface area (Å²) < 4.78 is 0. The minimum Gasteiger partial charge on any atom is -0.332 e. The van der Waals surface area contributed by atoms with Crippen LogP contribution in [0.15, 0.2) is 24.3 Å². The average molecular weight is 285 g/mol. The van der Waals surface area contributed by atoms with Crippen LogP contribution in [-0.2, 0) is 4.79 Å². The first kappa shape index (κ1) is 14.3. The Morgan fingerprint density at radius 1 is 1.10 bits per heavy atom. The van der Waals surface area contributed by atoms with Gasteiger partial charge in [0.1, 0.15) is 5.78 Å². The van der Waals surface area contributed by atoms with Crippen molar-refractivity contribution in [1.82, 2.24) is 4.90 Å². The summed E-state index contributed by atoms with van der Waals surface area (Å²) in [4.78, 5) is 26.6. The van der Waals surface area contributed by atoms with Gasteiger partial charge in [-0.15, -0.1) is 0 Å². The summed E-state index contributed by atoms with van der Waals surface area (Å²) in [5.74, 6) is 0.901. The van der Waals surface area contributed by atoms with E-state index in [1.165, 1.54) is 5.56 Å². The second-order valence-electron chi connectivity index (χ2n) is 6.67. The molecule has 2 fully saturated rings. The lowest BCUT2D eigenvalue weighted by Crippen LogP contribution is -2.54. The van der Waals surface area contributed by atoms with E-state index in [1.807, 2.05) is 29.2 Å². The molecule has 2 atom stereocenters. The number of piperidine rings is 2. The lowest BCUT2D eigenvalue weighted by Gasteiger charge is -2.45. The van der Waals surface area contributed by atoms with Crippen molar-refractivity contribution in [3.8, 4) is 0 Å². The van der Waals surface area contributed by atoms with E-state index in [9.17, 15) is 9.59 Å². The molecule has 0 aromatic heterocycles. The molecule has 2 aliphatic heterocycles. The number of Topliss-reactive ketones (excluding diaryl/α,β-unsaturated/α-hetero) is 1. The zero-order valence-electron chi connectivity index (χ0n) is 12.8. The minimum atomic E-state index is 0.104. The summed E-state index contributed by atoms with van der Waals surface area (Å²) >= 11 is 0. The molecule has 0 saturated carbocycles. The van der Waals surface area contributed by atoms with Gasteiger partial charge in [-0.25, -0.2) is 0 Å². The van der Waals surface area contributed by atoms with Crippen LogP contribution < -0.4 is 0 Å². The van der Waals surface area contributed by atoms with Crippen molar-refractivity contribution in [2.75, 3.05) is 0 Å². The average Bonchev–Trinajstić information content (AvgIpc) is 2.45. The summed E-state index contributed by atoms with van der Waals surface area (Å²) in [6, 6.07) is 8.21. The maximum absolute atomic E-state index is 12.8. The topological polar surface area (TPSA) is 37.4 Å². The Balaban J connectivity index is 1.82. The summed E-state index contributed by atoms with van der Waals surface area (Å²) in [6.07, 6.45) is 4.17. The number of hydrogen-bond donors (Lipinski definition) is 0. The standard InChI is InChI=1S/C18H23NO2/c1-12(2)13-6-8-14(9-7-13)18(21)19-15-4-3-5-16(19)11-17(20)10-15/h6-9,12,15-16H,3-5,10-11H2,1-2H3. The molecule has 0 radical (unpaired) electrons. The molecule has 0 spiro atoms. The van der Waals surface area contributed by atoms with Gasteiger partial charge in [0.2, 0.25) is 0 Å². The summed E-state index contributed by atoms with van der Waals surface area (Å²) in [5.41, 5.74) is 2.01. The molecular weight excluding hydrogens is 262 g/mol. The van der Waals surface area contributed by atoms with E-state index in [1.54, 1.807) is 0 Å². The van der Waals surface area contributed by atoms with Gasteiger partial charge in [-0.1, -0.05) is 26.0 Å². The van der Waals surface area contributed by atoms with Gasteiger partial charge in [-0.2, -0.15) is 0 Å². The lowest BCUT2D eigenvalue weighted by molar-refractivity contribution is -0.125. The molecule has 1 aromatic carbocycles. The molecule has 2 heterocycles. The third-order valence-corrected chi connectivity index (χ3v) is 4.85. The molecule has 21 heavy (non-hydrogen) atoms. The van der Waals surface area contributed by atoms with Gasteiger partial charge in [0, 0.05) is 30.5 Å². The van der Waals surface area contributed by atoms with E-state index in [-0.39, 0.29) is 18.0 Å². The molecule has 2 aliphatic rings. The van der Waals surface area contributed by atoms with Gasteiger partial charge >= 0.3 is 0 Å². The van der Waals surface area contributed by atoms with E-state index in [2.05, 4.69) is 13.8 Å². The highest BCUT2D eigenvalue weighted by molar-refractivity contribution is 5.96. The van der Waals surface area contributed by atoms with Crippen LogP contribution in [0.4, 0.5) is 0 Å². The van der Waals surface area contributed by atoms with E-state index in [0.29, 0.717) is 24.5 Å². The van der Waals surface area contributed by atoms with Crippen molar-refractivity contribution in [3.05, 3.63) is 35.4 Å². The molecule has 112 valence electrons. The minimum absolute atomic E-state index is 0.104. The van der Waals surface area contributed by atoms with Crippen molar-refractivity contribution in [1.29, 1.82) is 0 Å². The number of amides is 1. The maximum atomic E-state index is 12.8. The Kier molecular flexibility index (Phi) is 3.83. The van der Waals surface area contributed by atoms with E-state index >= 15 is 0 Å². The zero-order valence-corrected chi connectivity index (χ0v) is 12.8. The third kappa shape index (κ3) is 2.74. The van der Waals surface area contributed by atoms with Gasteiger partial charge in [-0.05, 0) is 42.9 Å².